The van der Waals surface area contributed by atoms with E-state index in [1.807, 2.05) is 139 Å². The van der Waals surface area contributed by atoms with E-state index in [9.17, 15) is 42.4 Å². The molecule has 0 saturated heterocycles. The Morgan fingerprint density at radius 3 is 1.95 bits per heavy atom. The second-order valence-electron chi connectivity index (χ2n) is 25.5. The number of carbonyl (C=O) groups excluding carboxylic acids is 1. The van der Waals surface area contributed by atoms with Crippen LogP contribution in [0.25, 0.3) is 0 Å². The number of anilines is 2. The first kappa shape index (κ1) is 71.7. The van der Waals surface area contributed by atoms with Crippen LogP contribution in [0.5, 0.6) is 0 Å². The molecule has 8 rings (SSSR count). The van der Waals surface area contributed by atoms with Crippen molar-refractivity contribution in [3.8, 4) is 0 Å². The van der Waals surface area contributed by atoms with Crippen LogP contribution in [0, 0.1) is 0 Å². The minimum absolute atomic E-state index is 0.0828. The van der Waals surface area contributed by atoms with Crippen molar-refractivity contribution in [3.05, 3.63) is 226 Å². The number of hydrogen-bond donors (Lipinski definition) is 7. The Hall–Kier alpha value is -9.16. The molecule has 0 bridgehead atoms. The second kappa shape index (κ2) is 30.1. The van der Waals surface area contributed by atoms with E-state index in [-0.39, 0.29) is 48.1 Å². The zero-order chi connectivity index (χ0) is 69.2. The molecular formula is C74H82N6O13S2+2. The number of carbonyl (C=O) groups is 4. The third-order valence-corrected chi connectivity index (χ3v) is 19.3. The molecule has 95 heavy (non-hydrogen) atoms. The van der Waals surface area contributed by atoms with E-state index in [0.29, 0.717) is 61.6 Å². The van der Waals surface area contributed by atoms with Crippen LogP contribution in [0.4, 0.5) is 22.7 Å². The normalized spacial score (nSPS) is 17.2. The van der Waals surface area contributed by atoms with Crippen molar-refractivity contribution in [3.63, 3.8) is 0 Å². The lowest BCUT2D eigenvalue weighted by Crippen LogP contribution is -2.29. The summed E-state index contributed by atoms with van der Waals surface area (Å²) < 4.78 is 42.9. The molecule has 496 valence electrons. The lowest BCUT2D eigenvalue weighted by atomic mass is 9.80. The van der Waals surface area contributed by atoms with Gasteiger partial charge in [0.2, 0.25) is 17.3 Å². The highest BCUT2D eigenvalue weighted by molar-refractivity contribution is 7.94. The van der Waals surface area contributed by atoms with Crippen LogP contribution in [-0.2, 0) is 73.4 Å². The second-order valence-corrected chi connectivity index (χ2v) is 27.7. The van der Waals surface area contributed by atoms with Gasteiger partial charge in [-0.2, -0.15) is 13.0 Å². The van der Waals surface area contributed by atoms with Crippen LogP contribution < -0.4 is 20.9 Å². The van der Waals surface area contributed by atoms with Crippen molar-refractivity contribution in [2.24, 2.45) is 5.73 Å². The maximum Gasteiger partial charge on any atom is 0.411 e. The number of unbranched alkanes of at least 4 members (excludes halogenated alkanes) is 4. The highest BCUT2D eigenvalue weighted by atomic mass is 32.2. The third-order valence-electron chi connectivity index (χ3n) is 17.9. The number of carboxylic acids is 3. The Bertz CT molecular complexity index is 4320. The maximum absolute atomic E-state index is 13.5. The molecule has 19 nitrogen and oxygen atoms in total. The highest BCUT2D eigenvalue weighted by Crippen LogP contribution is 2.51. The Kier molecular flexibility index (Phi) is 22.7. The van der Waals surface area contributed by atoms with E-state index in [4.69, 9.17) is 20.4 Å². The minimum atomic E-state index is -4.44. The molecule has 0 saturated carbocycles. The number of aliphatic carboxylic acids is 3. The zero-order valence-electron chi connectivity index (χ0n) is 54.8. The van der Waals surface area contributed by atoms with Crippen LogP contribution >= 0.6 is 12.0 Å². The molecule has 8 N–H and O–H groups in total. The van der Waals surface area contributed by atoms with Crippen molar-refractivity contribution >= 4 is 80.1 Å². The van der Waals surface area contributed by atoms with Gasteiger partial charge in [-0.3, -0.25) is 19.0 Å². The number of rotatable bonds is 29. The van der Waals surface area contributed by atoms with Gasteiger partial charge in [0.15, 0.2) is 17.1 Å². The molecule has 4 aromatic carbocycles. The van der Waals surface area contributed by atoms with Gasteiger partial charge in [0, 0.05) is 113 Å². The fourth-order valence-electron chi connectivity index (χ4n) is 13.0. The van der Waals surface area contributed by atoms with Crippen LogP contribution in [0.15, 0.2) is 202 Å². The Balaban J connectivity index is 0.950. The van der Waals surface area contributed by atoms with Gasteiger partial charge in [0.25, 0.3) is 10.1 Å². The fourth-order valence-corrected chi connectivity index (χ4v) is 13.9. The highest BCUT2D eigenvalue weighted by Gasteiger charge is 2.49. The van der Waals surface area contributed by atoms with Gasteiger partial charge in [-0.25, -0.2) is 14.8 Å². The first-order valence-electron chi connectivity index (χ1n) is 31.2. The molecule has 0 fully saturated rings. The van der Waals surface area contributed by atoms with E-state index in [2.05, 4.69) is 75.8 Å². The lowest BCUT2D eigenvalue weighted by molar-refractivity contribution is -0.438. The van der Waals surface area contributed by atoms with Crippen molar-refractivity contribution in [2.75, 3.05) is 22.9 Å². The number of nitrogens with one attached hydrogen (secondary N) is 1. The first-order chi connectivity index (χ1) is 45.0. The molecule has 0 aliphatic carbocycles. The van der Waals surface area contributed by atoms with E-state index in [1.54, 1.807) is 27.7 Å². The predicted octanol–water partition coefficient (Wildman–Crippen LogP) is 13.5. The Labute approximate surface area is 559 Å². The van der Waals surface area contributed by atoms with Crippen LogP contribution in [0.3, 0.4) is 0 Å². The topological polar surface area (TPSA) is 273 Å². The molecule has 0 atom stereocenters. The molecule has 21 heteroatoms. The van der Waals surface area contributed by atoms with Gasteiger partial charge in [0.1, 0.15) is 6.54 Å². The molecule has 4 aromatic rings. The van der Waals surface area contributed by atoms with Crippen molar-refractivity contribution < 1.29 is 71.2 Å². The van der Waals surface area contributed by atoms with Crippen molar-refractivity contribution in [1.82, 2.24) is 5.32 Å². The lowest BCUT2D eigenvalue weighted by Gasteiger charge is -2.27. The predicted molar refractivity (Wildman–Crippen MR) is 368 cm³/mol. The summed E-state index contributed by atoms with van der Waals surface area (Å²) in [6.07, 6.45) is 23.6. The number of nitrogens with two attached hydrogens (primary N) is 1. The summed E-state index contributed by atoms with van der Waals surface area (Å²) in [6, 6.07) is 21.8. The van der Waals surface area contributed by atoms with E-state index < -0.39 is 49.7 Å². The monoisotopic (exact) mass is 1330 g/mol. The molecule has 0 spiro atoms. The third kappa shape index (κ3) is 15.5. The summed E-state index contributed by atoms with van der Waals surface area (Å²) >= 11 is 0.887. The van der Waals surface area contributed by atoms with E-state index in [0.717, 1.165) is 85.9 Å². The molecule has 1 amide bonds. The van der Waals surface area contributed by atoms with Gasteiger partial charge in [-0.15, -0.1) is 8.91 Å². The first-order valence-corrected chi connectivity index (χ1v) is 33.4. The molecule has 0 unspecified atom stereocenters. The number of carboxylic acid groups (broad SMARTS) is 3. The number of nitrogens with zero attached hydrogens (tertiary/aromatic N) is 4. The van der Waals surface area contributed by atoms with Gasteiger partial charge in [-0.1, -0.05) is 105 Å². The molecule has 0 radical (unpaired) electrons. The number of fused-ring (bicyclic) bond motifs is 4. The van der Waals surface area contributed by atoms with Gasteiger partial charge in [0.05, 0.1) is 33.5 Å². The van der Waals surface area contributed by atoms with E-state index >= 15 is 0 Å². The van der Waals surface area contributed by atoms with Crippen LogP contribution in [0.2, 0.25) is 0 Å². The molecule has 4 aliphatic rings. The molecule has 4 aliphatic heterocycles. The fraction of sp³-hybridized carbons (Fsp3) is 0.324. The van der Waals surface area contributed by atoms with Gasteiger partial charge in [-0.05, 0) is 149 Å². The van der Waals surface area contributed by atoms with E-state index in [1.165, 1.54) is 12.1 Å². The van der Waals surface area contributed by atoms with Gasteiger partial charge < -0.3 is 31.3 Å². The van der Waals surface area contributed by atoms with Crippen LogP contribution in [0.1, 0.15) is 140 Å². The smallest absolute Gasteiger partial charge is 0.411 e. The minimum Gasteiger partial charge on any atom is -0.481 e. The largest absolute Gasteiger partial charge is 0.481 e. The summed E-state index contributed by atoms with van der Waals surface area (Å²) in [5.74, 6) is -3.45. The van der Waals surface area contributed by atoms with Crippen molar-refractivity contribution in [1.29, 1.82) is 0 Å². The number of allylic oxidation sites excluding steroid dienone is 12. The molecule has 4 heterocycles. The number of benzene rings is 4. The maximum atomic E-state index is 13.5. The summed E-state index contributed by atoms with van der Waals surface area (Å²) in [4.78, 5) is 54.7. The average Bonchev–Trinajstić information content (AvgIpc) is 1.61. The SMILES string of the molecule is C=C=C=C(C(=O)O)N1C(=CC=CC2=[N+](C(=C=C=C)C(=O)O)c3ccc(CNC(=O)CCCCC[N+]4=C(C=CC=CC=CC=C5N(CCCCCC(=O)O)c6ccc(S(=O)(=O)O)cc6C5(C)C)C(C)(C)c5cc(SOOO)ccc54)cc3C2(C)C)C(C)(C)c2cc(CN)ccc21. The zero-order valence-corrected chi connectivity index (χ0v) is 56.4. The molecule has 0 aromatic heterocycles. The Morgan fingerprint density at radius 2 is 1.26 bits per heavy atom. The molecular weight excluding hydrogens is 1240 g/mol. The quantitative estimate of drug-likeness (QED) is 0.00306. The summed E-state index contributed by atoms with van der Waals surface area (Å²) in [7, 11) is -4.44. The average molecular weight is 1330 g/mol. The summed E-state index contributed by atoms with van der Waals surface area (Å²) in [5, 5.41) is 46.0. The summed E-state index contributed by atoms with van der Waals surface area (Å²) in [6.45, 7) is 25.2. The summed E-state index contributed by atoms with van der Waals surface area (Å²) in [5.41, 5.74) is 24.8. The standard InChI is InChI=1S/C74H80N6O13S2/c1-11-25-61(69(84)85)79-59-37-33-49(47-75)43-53(59)73(7,8)65(79)29-24-30-66-74(9,10)54-44-50(34-38-60(54)80(66)62(26-12-2)70(86)87)48-76-67(81)31-20-16-22-41-77-57-39-35-51(94-93-92-88)45-55(57)71(3,4)63(77)27-18-14-13-15-19-28-64-72(5,6)56-46-52(95(89,90)91)36-40-58(56)78(64)42-23-17-21-32-68(82)83/h13-15,18-19,24,27-30,33-40,43-46H,1-2,16-17,20-23,31-32,41-42,47-48,75H2,3-10H3,(H4-2,76,81,82,83,84,85,86,87,88,89,90,91)/p+2. The van der Waals surface area contributed by atoms with Gasteiger partial charge >= 0.3 is 23.6 Å². The van der Waals surface area contributed by atoms with Crippen molar-refractivity contribution in [2.45, 2.75) is 151 Å². The van der Waals surface area contributed by atoms with Crippen LogP contribution in [-0.4, -0.2) is 91.0 Å². The Morgan fingerprint density at radius 1 is 0.653 bits per heavy atom. The number of amides is 1. The number of hydrogen-bond acceptors (Lipinski definition) is 13.